The summed E-state index contributed by atoms with van der Waals surface area (Å²) in [6.45, 7) is 8.28. The summed E-state index contributed by atoms with van der Waals surface area (Å²) in [4.78, 5) is 11.0. The molecule has 0 aliphatic rings. The lowest BCUT2D eigenvalue weighted by Crippen LogP contribution is -2.46. The molecule has 0 saturated carbocycles. The third-order valence-corrected chi connectivity index (χ3v) is 6.64. The van der Waals surface area contributed by atoms with E-state index in [2.05, 4.69) is 5.32 Å². The number of benzene rings is 3. The number of β-amino-alcohol motifs (C(OH)–C–C–N with tert-alkyl or cyclic N) is 1. The van der Waals surface area contributed by atoms with Crippen LogP contribution in [0.25, 0.3) is 11.1 Å². The molecule has 3 rings (SSSR count). The first kappa shape index (κ1) is 29.6. The number of aliphatic hydroxyl groups is 1. The molecule has 0 aliphatic carbocycles. The maximum absolute atomic E-state index is 13.8. The Morgan fingerprint density at radius 2 is 1.87 bits per heavy atom. The molecule has 8 heteroatoms. The lowest BCUT2D eigenvalue weighted by atomic mass is 9.94. The van der Waals surface area contributed by atoms with E-state index >= 15 is 0 Å². The number of rotatable bonds is 12. The van der Waals surface area contributed by atoms with Crippen molar-refractivity contribution in [1.29, 1.82) is 0 Å². The Morgan fingerprint density at radius 3 is 2.55 bits per heavy atom. The number of aryl methyl sites for hydroxylation is 1. The Morgan fingerprint density at radius 1 is 1.13 bits per heavy atom. The molecule has 0 aromatic heterocycles. The molecule has 0 amide bonds. The van der Waals surface area contributed by atoms with E-state index in [0.29, 0.717) is 25.1 Å². The molecule has 0 radical (unpaired) electrons. The largest absolute Gasteiger partial charge is 0.511 e. The van der Waals surface area contributed by atoms with Crippen molar-refractivity contribution < 1.29 is 28.9 Å². The Bertz CT molecular complexity index is 1250. The van der Waals surface area contributed by atoms with Gasteiger partial charge in [-0.25, -0.2) is 9.18 Å². The fourth-order valence-corrected chi connectivity index (χ4v) is 4.47. The number of aliphatic hydroxyl groups excluding tert-OH is 1. The van der Waals surface area contributed by atoms with Crippen LogP contribution in [0.15, 0.2) is 60.7 Å². The predicted molar refractivity (Wildman–Crippen MR) is 147 cm³/mol. The maximum atomic E-state index is 13.8. The topological polar surface area (TPSA) is 88.0 Å². The standard InChI is InChI=1S/C30H35ClFNO5/c1-5-21-15-22(11-13-28(21)38-29(35)36)25-9-7-6-8-24(25)19(2)37-18-23(34)17-33-30(3,4)16-20-10-12-26(31)27(32)14-20/h6-15,19,23,33-34H,5,16-18H2,1-4H3,(H,35,36)/t19?,23-/m1/s1. The van der Waals surface area contributed by atoms with Crippen LogP contribution in [0.2, 0.25) is 5.02 Å². The number of carbonyl (C=O) groups is 1. The normalized spacial score (nSPS) is 13.2. The third-order valence-electron chi connectivity index (χ3n) is 6.33. The molecule has 0 aliphatic heterocycles. The number of carboxylic acid groups (broad SMARTS) is 1. The predicted octanol–water partition coefficient (Wildman–Crippen LogP) is 6.81. The number of hydrogen-bond donors (Lipinski definition) is 3. The van der Waals surface area contributed by atoms with Crippen molar-refractivity contribution in [2.24, 2.45) is 0 Å². The average molecular weight is 544 g/mol. The van der Waals surface area contributed by atoms with Crippen LogP contribution in [-0.4, -0.2) is 41.2 Å². The van der Waals surface area contributed by atoms with Gasteiger partial charge in [0.2, 0.25) is 0 Å². The number of hydrogen-bond acceptors (Lipinski definition) is 5. The van der Waals surface area contributed by atoms with E-state index in [1.807, 2.05) is 64.1 Å². The van der Waals surface area contributed by atoms with Gasteiger partial charge in [0.1, 0.15) is 11.6 Å². The number of ether oxygens (including phenoxy) is 2. The van der Waals surface area contributed by atoms with Crippen LogP contribution >= 0.6 is 11.6 Å². The molecular weight excluding hydrogens is 509 g/mol. The first-order chi connectivity index (χ1) is 18.0. The fourth-order valence-electron chi connectivity index (χ4n) is 4.35. The summed E-state index contributed by atoms with van der Waals surface area (Å²) in [6.07, 6.45) is -1.21. The molecule has 0 heterocycles. The zero-order valence-electron chi connectivity index (χ0n) is 22.1. The van der Waals surface area contributed by atoms with Crippen molar-refractivity contribution in [3.63, 3.8) is 0 Å². The summed E-state index contributed by atoms with van der Waals surface area (Å²) in [5.74, 6) is -0.122. The van der Waals surface area contributed by atoms with Crippen molar-refractivity contribution in [2.45, 2.75) is 58.3 Å². The second-order valence-electron chi connectivity index (χ2n) is 9.95. The van der Waals surface area contributed by atoms with Gasteiger partial charge in [0.05, 0.1) is 23.8 Å². The number of halogens is 2. The first-order valence-electron chi connectivity index (χ1n) is 12.6. The fraction of sp³-hybridized carbons (Fsp3) is 0.367. The van der Waals surface area contributed by atoms with Crippen LogP contribution in [0, 0.1) is 5.82 Å². The van der Waals surface area contributed by atoms with Gasteiger partial charge in [0, 0.05) is 12.1 Å². The van der Waals surface area contributed by atoms with E-state index in [-0.39, 0.29) is 23.3 Å². The van der Waals surface area contributed by atoms with E-state index < -0.39 is 18.1 Å². The van der Waals surface area contributed by atoms with Crippen molar-refractivity contribution in [3.05, 3.63) is 88.2 Å². The van der Waals surface area contributed by atoms with Crippen LogP contribution in [-0.2, 0) is 17.6 Å². The van der Waals surface area contributed by atoms with E-state index in [1.165, 1.54) is 6.07 Å². The minimum absolute atomic E-state index is 0.0952. The second-order valence-corrected chi connectivity index (χ2v) is 10.4. The highest BCUT2D eigenvalue weighted by atomic mass is 35.5. The molecular formula is C30H35ClFNO5. The highest BCUT2D eigenvalue weighted by molar-refractivity contribution is 6.30. The highest BCUT2D eigenvalue weighted by Gasteiger charge is 2.21. The summed E-state index contributed by atoms with van der Waals surface area (Å²) in [5, 5.41) is 23.0. The molecule has 0 spiro atoms. The Balaban J connectivity index is 1.61. The molecule has 0 saturated heterocycles. The van der Waals surface area contributed by atoms with Crippen LogP contribution in [0.5, 0.6) is 5.75 Å². The van der Waals surface area contributed by atoms with Crippen molar-refractivity contribution in [1.82, 2.24) is 5.32 Å². The average Bonchev–Trinajstić information content (AvgIpc) is 2.88. The van der Waals surface area contributed by atoms with Crippen LogP contribution in [0.4, 0.5) is 9.18 Å². The van der Waals surface area contributed by atoms with Crippen LogP contribution in [0.1, 0.15) is 50.5 Å². The van der Waals surface area contributed by atoms with Gasteiger partial charge in [-0.3, -0.25) is 0 Å². The van der Waals surface area contributed by atoms with Gasteiger partial charge in [-0.05, 0) is 85.7 Å². The Hall–Kier alpha value is -2.97. The number of nitrogens with one attached hydrogen (secondary N) is 1. The molecule has 2 atom stereocenters. The maximum Gasteiger partial charge on any atom is 0.511 e. The second kappa shape index (κ2) is 13.2. The van der Waals surface area contributed by atoms with Crippen LogP contribution < -0.4 is 10.1 Å². The van der Waals surface area contributed by atoms with Crippen molar-refractivity contribution in [3.8, 4) is 16.9 Å². The summed E-state index contributed by atoms with van der Waals surface area (Å²) < 4.78 is 24.7. The molecule has 1 unspecified atom stereocenters. The lowest BCUT2D eigenvalue weighted by Gasteiger charge is -2.28. The van der Waals surface area contributed by atoms with Gasteiger partial charge < -0.3 is 25.0 Å². The molecule has 204 valence electrons. The molecule has 38 heavy (non-hydrogen) atoms. The lowest BCUT2D eigenvalue weighted by molar-refractivity contribution is -0.00397. The Labute approximate surface area is 228 Å². The summed E-state index contributed by atoms with van der Waals surface area (Å²) in [6, 6.07) is 18.0. The van der Waals surface area contributed by atoms with E-state index in [0.717, 1.165) is 27.8 Å². The molecule has 0 fully saturated rings. The van der Waals surface area contributed by atoms with Gasteiger partial charge in [-0.15, -0.1) is 0 Å². The van der Waals surface area contributed by atoms with Gasteiger partial charge >= 0.3 is 6.16 Å². The van der Waals surface area contributed by atoms with Crippen molar-refractivity contribution in [2.75, 3.05) is 13.2 Å². The van der Waals surface area contributed by atoms with E-state index in [4.69, 9.17) is 26.2 Å². The minimum atomic E-state index is -1.34. The van der Waals surface area contributed by atoms with Gasteiger partial charge in [-0.1, -0.05) is 54.9 Å². The van der Waals surface area contributed by atoms with Gasteiger partial charge in [-0.2, -0.15) is 0 Å². The van der Waals surface area contributed by atoms with Crippen molar-refractivity contribution >= 4 is 17.8 Å². The zero-order valence-corrected chi connectivity index (χ0v) is 22.9. The molecule has 0 bridgehead atoms. The van der Waals surface area contributed by atoms with Gasteiger partial charge in [0.15, 0.2) is 0 Å². The monoisotopic (exact) mass is 543 g/mol. The smallest absolute Gasteiger partial charge is 0.449 e. The summed E-state index contributed by atoms with van der Waals surface area (Å²) in [5.41, 5.74) is 4.06. The molecule has 6 nitrogen and oxygen atoms in total. The van der Waals surface area contributed by atoms with E-state index in [1.54, 1.807) is 18.2 Å². The van der Waals surface area contributed by atoms with Crippen LogP contribution in [0.3, 0.4) is 0 Å². The molecule has 3 aromatic rings. The summed E-state index contributed by atoms with van der Waals surface area (Å²) in [7, 11) is 0. The minimum Gasteiger partial charge on any atom is -0.449 e. The highest BCUT2D eigenvalue weighted by Crippen LogP contribution is 2.33. The summed E-state index contributed by atoms with van der Waals surface area (Å²) >= 11 is 5.78. The van der Waals surface area contributed by atoms with E-state index in [9.17, 15) is 14.3 Å². The Kier molecular flexibility index (Phi) is 10.3. The zero-order chi connectivity index (χ0) is 27.9. The SMILES string of the molecule is CCc1cc(-c2ccccc2C(C)OC[C@H](O)CNC(C)(C)Cc2ccc(Cl)c(F)c2)ccc1OC(=O)O. The van der Waals surface area contributed by atoms with Gasteiger partial charge in [0.25, 0.3) is 0 Å². The quantitative estimate of drug-likeness (QED) is 0.172. The molecule has 3 N–H and O–H groups in total. The molecule has 3 aromatic carbocycles. The first-order valence-corrected chi connectivity index (χ1v) is 13.0. The third kappa shape index (κ3) is 8.27.